The van der Waals surface area contributed by atoms with Crippen LogP contribution in [0, 0.1) is 0 Å². The molecule has 0 saturated heterocycles. The molecule has 0 unspecified atom stereocenters. The van der Waals surface area contributed by atoms with Gasteiger partial charge in [0.05, 0.1) is 22.4 Å². The lowest BCUT2D eigenvalue weighted by atomic mass is 9.87. The lowest BCUT2D eigenvalue weighted by Crippen LogP contribution is -2.13. The van der Waals surface area contributed by atoms with Crippen LogP contribution in [0.2, 0.25) is 0 Å². The Morgan fingerprint density at radius 2 is 0.985 bits per heavy atom. The van der Waals surface area contributed by atoms with Crippen molar-refractivity contribution >= 4 is 66.5 Å². The molecule has 12 aromatic rings. The summed E-state index contributed by atoms with van der Waals surface area (Å²) in [7, 11) is 0. The zero-order valence-electron chi connectivity index (χ0n) is 37.6. The number of benzene rings is 11. The zero-order valence-corrected chi connectivity index (χ0v) is 37.6. The highest BCUT2D eigenvalue weighted by molar-refractivity contribution is 6.10. The highest BCUT2D eigenvalue weighted by Crippen LogP contribution is 2.45. The summed E-state index contributed by atoms with van der Waals surface area (Å²) in [4.78, 5) is 2.47. The molecule has 0 amide bonds. The molecule has 68 heavy (non-hydrogen) atoms. The second kappa shape index (κ2) is 16.6. The third-order valence-electron chi connectivity index (χ3n) is 14.0. The molecule has 2 heteroatoms. The van der Waals surface area contributed by atoms with Crippen molar-refractivity contribution in [2.45, 2.75) is 12.8 Å². The second-order valence-electron chi connectivity index (χ2n) is 18.0. The maximum absolute atomic E-state index is 2.47. The fraction of sp³-hybridized carbons (Fsp3) is 0.0303. The molecule has 0 bridgehead atoms. The van der Waals surface area contributed by atoms with Crippen molar-refractivity contribution in [3.8, 4) is 50.2 Å². The number of fused-ring (bicyclic) bond motifs is 6. The van der Waals surface area contributed by atoms with Crippen LogP contribution in [0.4, 0.5) is 17.1 Å². The van der Waals surface area contributed by atoms with Crippen molar-refractivity contribution in [2.75, 3.05) is 4.90 Å². The van der Waals surface area contributed by atoms with E-state index in [4.69, 9.17) is 0 Å². The molecule has 0 spiro atoms. The first-order valence-electron chi connectivity index (χ1n) is 23.7. The smallest absolute Gasteiger partial charge is 0.0541 e. The number of hydrogen-bond acceptors (Lipinski definition) is 1. The van der Waals surface area contributed by atoms with Gasteiger partial charge in [0.2, 0.25) is 0 Å². The molecule has 11 aromatic carbocycles. The summed E-state index contributed by atoms with van der Waals surface area (Å²) in [5.74, 6) is 0. The van der Waals surface area contributed by atoms with Crippen molar-refractivity contribution in [1.29, 1.82) is 0 Å². The average molecular weight is 867 g/mol. The van der Waals surface area contributed by atoms with E-state index in [1.54, 1.807) is 0 Å². The molecular weight excluding hydrogens is 821 g/mol. The summed E-state index contributed by atoms with van der Waals surface area (Å²) in [5.41, 5.74) is 19.3. The summed E-state index contributed by atoms with van der Waals surface area (Å²) in [6, 6.07) is 89.2. The summed E-state index contributed by atoms with van der Waals surface area (Å²) < 4.78 is 2.44. The highest BCUT2D eigenvalue weighted by Gasteiger charge is 2.23. The van der Waals surface area contributed by atoms with E-state index in [-0.39, 0.29) is 0 Å². The average Bonchev–Trinajstić information content (AvgIpc) is 3.75. The first kappa shape index (κ1) is 39.6. The lowest BCUT2D eigenvalue weighted by molar-refractivity contribution is 0.986. The number of allylic oxidation sites excluding steroid dienone is 1. The Morgan fingerprint density at radius 3 is 1.79 bits per heavy atom. The van der Waals surface area contributed by atoms with Gasteiger partial charge in [0.25, 0.3) is 0 Å². The Labute approximate surface area is 397 Å². The number of aromatic nitrogens is 1. The molecule has 0 aliphatic heterocycles. The molecule has 1 aliphatic rings. The second-order valence-corrected chi connectivity index (χ2v) is 18.0. The first-order chi connectivity index (χ1) is 33.7. The Bertz CT molecular complexity index is 3850. The first-order valence-corrected chi connectivity index (χ1v) is 23.7. The van der Waals surface area contributed by atoms with Crippen molar-refractivity contribution in [3.05, 3.63) is 260 Å². The van der Waals surface area contributed by atoms with Crippen LogP contribution in [-0.2, 0) is 6.42 Å². The van der Waals surface area contributed by atoms with E-state index >= 15 is 0 Å². The molecule has 1 heterocycles. The van der Waals surface area contributed by atoms with Crippen LogP contribution in [0.1, 0.15) is 17.5 Å². The molecule has 13 rings (SSSR count). The predicted octanol–water partition coefficient (Wildman–Crippen LogP) is 18.2. The molecule has 1 aromatic heterocycles. The SMILES string of the molecule is C1=Cc2c(N(c3ccc(-c4ccc(-n5c6ccccc6c6ccccc65)c(-c5ccccc5)c4)cc3)c3cccc(-c4cccc5ccccc45)c3)ccc(-c3ccc4ccccc4c3)c2CC1. The topological polar surface area (TPSA) is 8.17 Å². The Hall–Kier alpha value is -8.72. The third-order valence-corrected chi connectivity index (χ3v) is 14.0. The van der Waals surface area contributed by atoms with E-state index in [0.717, 1.165) is 35.5 Å². The molecule has 1 aliphatic carbocycles. The van der Waals surface area contributed by atoms with Crippen LogP contribution in [0.3, 0.4) is 0 Å². The monoisotopic (exact) mass is 866 g/mol. The van der Waals surface area contributed by atoms with Crippen LogP contribution in [0.5, 0.6) is 0 Å². The van der Waals surface area contributed by atoms with Gasteiger partial charge in [-0.15, -0.1) is 0 Å². The van der Waals surface area contributed by atoms with E-state index in [1.165, 1.54) is 99.1 Å². The summed E-state index contributed by atoms with van der Waals surface area (Å²) in [5, 5.41) is 7.53. The van der Waals surface area contributed by atoms with Crippen LogP contribution >= 0.6 is 0 Å². The van der Waals surface area contributed by atoms with Gasteiger partial charge in [-0.3, -0.25) is 0 Å². The van der Waals surface area contributed by atoms with Gasteiger partial charge in [0.1, 0.15) is 0 Å². The van der Waals surface area contributed by atoms with Gasteiger partial charge in [-0.05, 0) is 140 Å². The van der Waals surface area contributed by atoms with Crippen LogP contribution in [0.25, 0.3) is 99.6 Å². The predicted molar refractivity (Wildman–Crippen MR) is 290 cm³/mol. The quantitative estimate of drug-likeness (QED) is 0.148. The molecule has 0 radical (unpaired) electrons. The van der Waals surface area contributed by atoms with Gasteiger partial charge < -0.3 is 9.47 Å². The summed E-state index contributed by atoms with van der Waals surface area (Å²) in [6.45, 7) is 0. The minimum Gasteiger partial charge on any atom is -0.310 e. The Morgan fingerprint density at radius 1 is 0.353 bits per heavy atom. The van der Waals surface area contributed by atoms with Gasteiger partial charge in [0.15, 0.2) is 0 Å². The lowest BCUT2D eigenvalue weighted by Gasteiger charge is -2.30. The van der Waals surface area contributed by atoms with Gasteiger partial charge >= 0.3 is 0 Å². The minimum atomic E-state index is 0.985. The molecule has 320 valence electrons. The van der Waals surface area contributed by atoms with E-state index in [2.05, 4.69) is 264 Å². The van der Waals surface area contributed by atoms with Crippen LogP contribution in [0.15, 0.2) is 249 Å². The minimum absolute atomic E-state index is 0.985. The largest absolute Gasteiger partial charge is 0.310 e. The Balaban J connectivity index is 0.959. The fourth-order valence-electron chi connectivity index (χ4n) is 10.8. The van der Waals surface area contributed by atoms with Crippen molar-refractivity contribution in [3.63, 3.8) is 0 Å². The zero-order chi connectivity index (χ0) is 45.0. The molecule has 0 N–H and O–H groups in total. The normalized spacial score (nSPS) is 12.2. The van der Waals surface area contributed by atoms with E-state index in [0.29, 0.717) is 0 Å². The summed E-state index contributed by atoms with van der Waals surface area (Å²) in [6.07, 6.45) is 6.71. The van der Waals surface area contributed by atoms with Crippen molar-refractivity contribution < 1.29 is 0 Å². The number of hydrogen-bond donors (Lipinski definition) is 0. The van der Waals surface area contributed by atoms with Gasteiger partial charge in [0, 0.05) is 33.3 Å². The van der Waals surface area contributed by atoms with Gasteiger partial charge in [-0.2, -0.15) is 0 Å². The number of rotatable bonds is 8. The highest BCUT2D eigenvalue weighted by atomic mass is 15.1. The van der Waals surface area contributed by atoms with Crippen LogP contribution < -0.4 is 4.90 Å². The van der Waals surface area contributed by atoms with Gasteiger partial charge in [-0.1, -0.05) is 194 Å². The number of nitrogens with zero attached hydrogens (tertiary/aromatic N) is 2. The molecule has 0 fully saturated rings. The molecule has 2 nitrogen and oxygen atoms in total. The van der Waals surface area contributed by atoms with Gasteiger partial charge in [-0.25, -0.2) is 0 Å². The third kappa shape index (κ3) is 6.81. The summed E-state index contributed by atoms with van der Waals surface area (Å²) >= 11 is 0. The molecular formula is C66H46N2. The van der Waals surface area contributed by atoms with Crippen LogP contribution in [-0.4, -0.2) is 4.57 Å². The maximum atomic E-state index is 2.47. The number of para-hydroxylation sites is 2. The fourth-order valence-corrected chi connectivity index (χ4v) is 10.8. The standard InChI is InChI=1S/C66H46N2/c1-2-17-48(18-3-1)62-44-50(36-40-66(62)68-63-30-12-10-27-60(63)61-28-11-13-31-64(61)68)46-34-37-53(38-35-46)67(54-23-14-22-51(43-54)56-29-15-21-47-19-6-7-24-55(47)56)65-41-39-57(58-25-8-9-26-59(58)65)52-33-32-45-16-4-5-20-49(45)42-52/h1-7,9-24,26-44H,8,25H2. The van der Waals surface area contributed by atoms with E-state index in [9.17, 15) is 0 Å². The van der Waals surface area contributed by atoms with Crippen molar-refractivity contribution in [2.24, 2.45) is 0 Å². The maximum Gasteiger partial charge on any atom is 0.0541 e. The van der Waals surface area contributed by atoms with E-state index in [1.807, 2.05) is 0 Å². The van der Waals surface area contributed by atoms with E-state index < -0.39 is 0 Å². The molecule has 0 saturated carbocycles. The number of anilines is 3. The molecule has 0 atom stereocenters. The van der Waals surface area contributed by atoms with Crippen molar-refractivity contribution in [1.82, 2.24) is 4.57 Å². The Kier molecular flexibility index (Phi) is 9.68.